The monoisotopic (exact) mass is 581 g/mol. The fraction of sp³-hybridized carbons (Fsp3) is 0.719. The average molecular weight is 582 g/mol. The molecule has 8 heteroatoms. The highest BCUT2D eigenvalue weighted by Gasteiger charge is 2.20. The van der Waals surface area contributed by atoms with Gasteiger partial charge in [0.2, 0.25) is 5.91 Å². The summed E-state index contributed by atoms with van der Waals surface area (Å²) in [5, 5.41) is 2.90. The minimum atomic E-state index is -4.63. The SMILES string of the molecule is CCCCCCCC/C=C\CCCCCCCC(=O)N[C@H](COP(=O)(O)O)Cc1ccc(OCCC(C)C)cc1. The number of ether oxygens (including phenoxy) is 1. The predicted octanol–water partition coefficient (Wildman–Crippen LogP) is 8.29. The molecule has 7 nitrogen and oxygen atoms in total. The number of hydrogen-bond donors (Lipinski definition) is 3. The van der Waals surface area contributed by atoms with Gasteiger partial charge >= 0.3 is 7.82 Å². The maximum atomic E-state index is 12.5. The van der Waals surface area contributed by atoms with Crippen LogP contribution in [0, 0.1) is 5.92 Å². The lowest BCUT2D eigenvalue weighted by atomic mass is 10.1. The van der Waals surface area contributed by atoms with Gasteiger partial charge in [0.15, 0.2) is 0 Å². The van der Waals surface area contributed by atoms with E-state index < -0.39 is 13.9 Å². The Bertz CT molecular complexity index is 836. The van der Waals surface area contributed by atoms with E-state index in [-0.39, 0.29) is 12.5 Å². The summed E-state index contributed by atoms with van der Waals surface area (Å²) in [6.45, 7) is 6.95. The number of phosphoric ester groups is 1. The van der Waals surface area contributed by atoms with Crippen LogP contribution in [0.1, 0.15) is 123 Å². The topological polar surface area (TPSA) is 105 Å². The maximum Gasteiger partial charge on any atom is 0.469 e. The zero-order valence-corrected chi connectivity index (χ0v) is 26.2. The third-order valence-electron chi connectivity index (χ3n) is 6.84. The Morgan fingerprint density at radius 1 is 0.900 bits per heavy atom. The molecule has 0 radical (unpaired) electrons. The number of benzene rings is 1. The van der Waals surface area contributed by atoms with Crippen molar-refractivity contribution in [2.45, 2.75) is 130 Å². The van der Waals surface area contributed by atoms with Gasteiger partial charge in [0.25, 0.3) is 0 Å². The average Bonchev–Trinajstić information content (AvgIpc) is 2.90. The Kier molecular flexibility index (Phi) is 20.9. The Morgan fingerprint density at radius 3 is 2.05 bits per heavy atom. The van der Waals surface area contributed by atoms with Gasteiger partial charge in [0, 0.05) is 6.42 Å². The van der Waals surface area contributed by atoms with Crippen molar-refractivity contribution in [2.24, 2.45) is 5.92 Å². The number of carbonyl (C=O) groups excluding carboxylic acids is 1. The first-order valence-corrected chi connectivity index (χ1v) is 17.1. The number of unbranched alkanes of at least 4 members (excludes halogenated alkanes) is 11. The molecule has 0 spiro atoms. The van der Waals surface area contributed by atoms with Crippen molar-refractivity contribution >= 4 is 13.7 Å². The van der Waals surface area contributed by atoms with Crippen molar-refractivity contribution in [1.29, 1.82) is 0 Å². The summed E-state index contributed by atoms with van der Waals surface area (Å²) >= 11 is 0. The van der Waals surface area contributed by atoms with Crippen LogP contribution in [0.5, 0.6) is 5.75 Å². The van der Waals surface area contributed by atoms with E-state index in [1.54, 1.807) is 0 Å². The number of allylic oxidation sites excluding steroid dienone is 2. The van der Waals surface area contributed by atoms with Gasteiger partial charge in [-0.15, -0.1) is 0 Å². The molecule has 1 aromatic carbocycles. The van der Waals surface area contributed by atoms with Gasteiger partial charge in [-0.05, 0) is 68.6 Å². The lowest BCUT2D eigenvalue weighted by molar-refractivity contribution is -0.122. The quantitative estimate of drug-likeness (QED) is 0.0610. The maximum absolute atomic E-state index is 12.5. The zero-order chi connectivity index (χ0) is 29.5. The molecular weight excluding hydrogens is 525 g/mol. The second-order valence-corrected chi connectivity index (χ2v) is 12.5. The van der Waals surface area contributed by atoms with E-state index in [0.29, 0.717) is 25.4 Å². The van der Waals surface area contributed by atoms with Gasteiger partial charge in [-0.3, -0.25) is 9.32 Å². The van der Waals surface area contributed by atoms with Gasteiger partial charge in [-0.2, -0.15) is 0 Å². The highest BCUT2D eigenvalue weighted by atomic mass is 31.2. The van der Waals surface area contributed by atoms with Gasteiger partial charge in [-0.25, -0.2) is 4.57 Å². The Labute approximate surface area is 243 Å². The summed E-state index contributed by atoms with van der Waals surface area (Å²) in [4.78, 5) is 30.8. The molecule has 0 heterocycles. The van der Waals surface area contributed by atoms with E-state index in [9.17, 15) is 9.36 Å². The van der Waals surface area contributed by atoms with Crippen molar-refractivity contribution in [2.75, 3.05) is 13.2 Å². The summed E-state index contributed by atoms with van der Waals surface area (Å²) in [7, 11) is -4.63. The van der Waals surface area contributed by atoms with Crippen molar-refractivity contribution in [3.63, 3.8) is 0 Å². The third-order valence-corrected chi connectivity index (χ3v) is 7.33. The number of carbonyl (C=O) groups is 1. The van der Waals surface area contributed by atoms with Crippen LogP contribution >= 0.6 is 7.82 Å². The normalized spacial score (nSPS) is 12.8. The van der Waals surface area contributed by atoms with Crippen molar-refractivity contribution < 1.29 is 28.4 Å². The van der Waals surface area contributed by atoms with Gasteiger partial charge in [0.05, 0.1) is 19.3 Å². The first-order chi connectivity index (χ1) is 19.2. The lowest BCUT2D eigenvalue weighted by Crippen LogP contribution is -2.39. The number of hydrogen-bond acceptors (Lipinski definition) is 4. The molecule has 40 heavy (non-hydrogen) atoms. The van der Waals surface area contributed by atoms with Crippen LogP contribution in [-0.2, 0) is 20.3 Å². The van der Waals surface area contributed by atoms with Crippen molar-refractivity contribution in [3.05, 3.63) is 42.0 Å². The molecule has 0 saturated carbocycles. The molecule has 0 aliphatic carbocycles. The number of phosphoric acid groups is 1. The minimum Gasteiger partial charge on any atom is -0.494 e. The van der Waals surface area contributed by atoms with Gasteiger partial charge in [-0.1, -0.05) is 96.4 Å². The number of amides is 1. The Balaban J connectivity index is 2.27. The highest BCUT2D eigenvalue weighted by Crippen LogP contribution is 2.35. The van der Waals surface area contributed by atoms with E-state index in [1.165, 1.54) is 57.8 Å². The number of rotatable bonds is 25. The summed E-state index contributed by atoms with van der Waals surface area (Å²) in [5.74, 6) is 1.23. The molecule has 0 aliphatic rings. The molecular formula is C32H56NO6P. The molecule has 1 amide bonds. The standard InChI is InChI=1S/C32H56NO6P/c1-4-5-6-7-8-9-10-11-12-13-14-15-16-17-18-19-32(34)33-30(27-39-40(35,36)37)26-29-20-22-31(23-21-29)38-25-24-28(2)3/h11-12,20-23,28,30H,4-10,13-19,24-27H2,1-3H3,(H,33,34)(H2,35,36,37)/b12-11-/t30-/m0/s1. The molecule has 0 fully saturated rings. The molecule has 0 unspecified atom stereocenters. The highest BCUT2D eigenvalue weighted by molar-refractivity contribution is 7.46. The molecule has 1 rings (SSSR count). The summed E-state index contributed by atoms with van der Waals surface area (Å²) in [5.41, 5.74) is 0.928. The van der Waals surface area contributed by atoms with E-state index in [1.807, 2.05) is 24.3 Å². The van der Waals surface area contributed by atoms with E-state index in [2.05, 4.69) is 38.2 Å². The molecule has 1 aromatic rings. The second kappa shape index (κ2) is 23.0. The van der Waals surface area contributed by atoms with E-state index >= 15 is 0 Å². The van der Waals surface area contributed by atoms with Gasteiger partial charge < -0.3 is 19.8 Å². The first kappa shape index (κ1) is 36.4. The van der Waals surface area contributed by atoms with Crippen molar-refractivity contribution in [1.82, 2.24) is 5.32 Å². The van der Waals surface area contributed by atoms with Crippen LogP contribution in [0.15, 0.2) is 36.4 Å². The molecule has 0 bridgehead atoms. The van der Waals surface area contributed by atoms with Crippen LogP contribution < -0.4 is 10.1 Å². The van der Waals surface area contributed by atoms with E-state index in [4.69, 9.17) is 19.0 Å². The smallest absolute Gasteiger partial charge is 0.469 e. The summed E-state index contributed by atoms with van der Waals surface area (Å²) in [6.07, 6.45) is 22.0. The lowest BCUT2D eigenvalue weighted by Gasteiger charge is -2.19. The first-order valence-electron chi connectivity index (χ1n) is 15.6. The molecule has 0 saturated heterocycles. The van der Waals surface area contributed by atoms with Crippen LogP contribution in [0.25, 0.3) is 0 Å². The fourth-order valence-corrected chi connectivity index (χ4v) is 4.79. The predicted molar refractivity (Wildman–Crippen MR) is 164 cm³/mol. The van der Waals surface area contributed by atoms with Crippen LogP contribution in [0.3, 0.4) is 0 Å². The summed E-state index contributed by atoms with van der Waals surface area (Å²) in [6, 6.07) is 7.04. The molecule has 0 aliphatic heterocycles. The van der Waals surface area contributed by atoms with Crippen LogP contribution in [0.2, 0.25) is 0 Å². The van der Waals surface area contributed by atoms with Crippen LogP contribution in [-0.4, -0.2) is 34.9 Å². The summed E-state index contributed by atoms with van der Waals surface area (Å²) < 4.78 is 21.7. The van der Waals surface area contributed by atoms with E-state index in [0.717, 1.165) is 43.4 Å². The second-order valence-electron chi connectivity index (χ2n) is 11.3. The number of nitrogens with one attached hydrogen (secondary N) is 1. The minimum absolute atomic E-state index is 0.120. The Morgan fingerprint density at radius 2 is 1.48 bits per heavy atom. The fourth-order valence-electron chi connectivity index (χ4n) is 4.41. The molecule has 1 atom stereocenters. The largest absolute Gasteiger partial charge is 0.494 e. The van der Waals surface area contributed by atoms with Crippen LogP contribution in [0.4, 0.5) is 0 Å². The molecule has 0 aromatic heterocycles. The van der Waals surface area contributed by atoms with Crippen molar-refractivity contribution in [3.8, 4) is 5.75 Å². The Hall–Kier alpha value is -1.66. The van der Waals surface area contributed by atoms with Gasteiger partial charge in [0.1, 0.15) is 5.75 Å². The molecule has 230 valence electrons. The third kappa shape index (κ3) is 22.1. The molecule has 3 N–H and O–H groups in total. The zero-order valence-electron chi connectivity index (χ0n) is 25.3.